The van der Waals surface area contributed by atoms with E-state index in [4.69, 9.17) is 0 Å². The number of nitrogens with one attached hydrogen (secondary N) is 2. The molecule has 0 spiro atoms. The molecule has 0 aliphatic heterocycles. The minimum Gasteiger partial charge on any atom is -0.344 e. The van der Waals surface area contributed by atoms with Gasteiger partial charge in [0.05, 0.1) is 23.0 Å². The maximum atomic E-state index is 13.3. The zero-order chi connectivity index (χ0) is 20.9. The molecule has 4 aromatic rings. The first-order valence-corrected chi connectivity index (χ1v) is 11.6. The normalized spacial score (nSPS) is 11.8. The minimum atomic E-state index is -0.366. The van der Waals surface area contributed by atoms with Crippen LogP contribution in [0.3, 0.4) is 0 Å². The summed E-state index contributed by atoms with van der Waals surface area (Å²) >= 11 is 4.14. The molecule has 0 radical (unpaired) electrons. The molecule has 0 aliphatic carbocycles. The monoisotopic (exact) mass is 457 g/mol. The highest BCUT2D eigenvalue weighted by Crippen LogP contribution is 2.26. The first-order chi connectivity index (χ1) is 14.6. The summed E-state index contributed by atoms with van der Waals surface area (Å²) in [6.07, 6.45) is 0.0778. The van der Waals surface area contributed by atoms with Gasteiger partial charge >= 0.3 is 0 Å². The molecule has 5 nitrogen and oxygen atoms in total. The Bertz CT molecular complexity index is 1120. The maximum Gasteiger partial charge on any atom is 0.267 e. The lowest BCUT2D eigenvalue weighted by Gasteiger charge is -2.18. The van der Waals surface area contributed by atoms with E-state index < -0.39 is 0 Å². The predicted octanol–water partition coefficient (Wildman–Crippen LogP) is 5.11. The van der Waals surface area contributed by atoms with Crippen LogP contribution in [0, 0.1) is 5.82 Å². The number of aromatic nitrogens is 1. The fourth-order valence-corrected chi connectivity index (χ4v) is 4.94. The van der Waals surface area contributed by atoms with Crippen molar-refractivity contribution in [2.45, 2.75) is 12.5 Å². The SMILES string of the molecule is O=C(Cc1csc(NC(=O)c2cccs2)n1)N[C@H](c1ccc(F)cc1)c1cccs1. The summed E-state index contributed by atoms with van der Waals surface area (Å²) in [4.78, 5) is 30.7. The number of hydrogen-bond acceptors (Lipinski definition) is 6. The summed E-state index contributed by atoms with van der Waals surface area (Å²) in [5.74, 6) is -0.752. The predicted molar refractivity (Wildman–Crippen MR) is 119 cm³/mol. The van der Waals surface area contributed by atoms with Gasteiger partial charge in [0.15, 0.2) is 5.13 Å². The molecule has 3 heterocycles. The van der Waals surface area contributed by atoms with Gasteiger partial charge in [0.1, 0.15) is 5.82 Å². The smallest absolute Gasteiger partial charge is 0.267 e. The molecule has 3 aromatic heterocycles. The number of thiophene rings is 2. The van der Waals surface area contributed by atoms with Crippen molar-refractivity contribution in [3.8, 4) is 0 Å². The molecule has 152 valence electrons. The van der Waals surface area contributed by atoms with E-state index in [1.54, 1.807) is 23.6 Å². The molecule has 2 N–H and O–H groups in total. The summed E-state index contributed by atoms with van der Waals surface area (Å²) in [6.45, 7) is 0. The standard InChI is InChI=1S/C21H16FN3O2S3/c22-14-7-5-13(6-8-14)19(16-3-1-9-28-16)24-18(26)11-15-12-30-21(23-15)25-20(27)17-4-2-10-29-17/h1-10,12,19H,11H2,(H,24,26)(H,23,25,27)/t19-/m1/s1. The lowest BCUT2D eigenvalue weighted by Crippen LogP contribution is -2.30. The van der Waals surface area contributed by atoms with Crippen LogP contribution in [-0.2, 0) is 11.2 Å². The van der Waals surface area contributed by atoms with Crippen molar-refractivity contribution in [3.05, 3.63) is 91.5 Å². The molecule has 0 aliphatic rings. The fourth-order valence-electron chi connectivity index (χ4n) is 2.82. The zero-order valence-corrected chi connectivity index (χ0v) is 18.0. The first kappa shape index (κ1) is 20.4. The van der Waals surface area contributed by atoms with Crippen molar-refractivity contribution in [1.29, 1.82) is 0 Å². The second-order valence-electron chi connectivity index (χ2n) is 6.32. The quantitative estimate of drug-likeness (QED) is 0.405. The van der Waals surface area contributed by atoms with Crippen LogP contribution < -0.4 is 10.6 Å². The number of carbonyl (C=O) groups is 2. The first-order valence-electron chi connectivity index (χ1n) is 8.96. The van der Waals surface area contributed by atoms with Crippen LogP contribution in [0.15, 0.2) is 64.7 Å². The van der Waals surface area contributed by atoms with Crippen molar-refractivity contribution >= 4 is 51.0 Å². The van der Waals surface area contributed by atoms with Gasteiger partial charge in [0, 0.05) is 10.3 Å². The number of nitrogens with zero attached hydrogens (tertiary/aromatic N) is 1. The van der Waals surface area contributed by atoms with Gasteiger partial charge in [-0.25, -0.2) is 9.37 Å². The van der Waals surface area contributed by atoms with Gasteiger partial charge in [-0.1, -0.05) is 24.3 Å². The second-order valence-corrected chi connectivity index (χ2v) is 9.10. The lowest BCUT2D eigenvalue weighted by molar-refractivity contribution is -0.121. The number of rotatable bonds is 7. The summed E-state index contributed by atoms with van der Waals surface area (Å²) in [5, 5.41) is 11.7. The van der Waals surface area contributed by atoms with E-state index in [1.807, 2.05) is 29.0 Å². The van der Waals surface area contributed by atoms with Crippen molar-refractivity contribution < 1.29 is 14.0 Å². The van der Waals surface area contributed by atoms with E-state index in [1.165, 1.54) is 46.1 Å². The van der Waals surface area contributed by atoms with Gasteiger partial charge < -0.3 is 5.32 Å². The topological polar surface area (TPSA) is 71.1 Å². The van der Waals surface area contributed by atoms with Crippen LogP contribution in [-0.4, -0.2) is 16.8 Å². The number of benzene rings is 1. The van der Waals surface area contributed by atoms with Gasteiger partial charge in [-0.15, -0.1) is 34.0 Å². The Morgan fingerprint density at radius 1 is 1.00 bits per heavy atom. The van der Waals surface area contributed by atoms with E-state index in [-0.39, 0.29) is 30.1 Å². The minimum absolute atomic E-state index is 0.0778. The third kappa shape index (κ3) is 4.99. The molecule has 1 atom stereocenters. The number of hydrogen-bond donors (Lipinski definition) is 2. The maximum absolute atomic E-state index is 13.3. The largest absolute Gasteiger partial charge is 0.344 e. The van der Waals surface area contributed by atoms with Crippen LogP contribution in [0.5, 0.6) is 0 Å². The van der Waals surface area contributed by atoms with E-state index >= 15 is 0 Å². The number of carbonyl (C=O) groups excluding carboxylic acids is 2. The Kier molecular flexibility index (Phi) is 6.32. The average Bonchev–Trinajstić information content (AvgIpc) is 3.50. The molecular weight excluding hydrogens is 441 g/mol. The molecule has 0 saturated carbocycles. The summed E-state index contributed by atoms with van der Waals surface area (Å²) in [5.41, 5.74) is 1.37. The Balaban J connectivity index is 1.42. The highest BCUT2D eigenvalue weighted by Gasteiger charge is 2.19. The van der Waals surface area contributed by atoms with Crippen LogP contribution in [0.4, 0.5) is 9.52 Å². The van der Waals surface area contributed by atoms with Crippen molar-refractivity contribution in [2.24, 2.45) is 0 Å². The molecule has 0 saturated heterocycles. The highest BCUT2D eigenvalue weighted by molar-refractivity contribution is 7.14. The Hall–Kier alpha value is -2.88. The molecule has 0 fully saturated rings. The number of thiazole rings is 1. The van der Waals surface area contributed by atoms with Crippen molar-refractivity contribution in [1.82, 2.24) is 10.3 Å². The third-order valence-electron chi connectivity index (χ3n) is 4.20. The van der Waals surface area contributed by atoms with Crippen LogP contribution >= 0.6 is 34.0 Å². The van der Waals surface area contributed by atoms with Gasteiger partial charge in [0.2, 0.25) is 5.91 Å². The Labute approximate surface area is 184 Å². The molecule has 0 unspecified atom stereocenters. The van der Waals surface area contributed by atoms with E-state index in [9.17, 15) is 14.0 Å². The number of anilines is 1. The summed E-state index contributed by atoms with van der Waals surface area (Å²) in [7, 11) is 0. The fraction of sp³-hybridized carbons (Fsp3) is 0.0952. The summed E-state index contributed by atoms with van der Waals surface area (Å²) < 4.78 is 13.3. The zero-order valence-electron chi connectivity index (χ0n) is 15.5. The third-order valence-corrected chi connectivity index (χ3v) is 6.81. The van der Waals surface area contributed by atoms with Gasteiger partial charge in [0.25, 0.3) is 5.91 Å². The molecule has 30 heavy (non-hydrogen) atoms. The summed E-state index contributed by atoms with van der Waals surface area (Å²) in [6, 6.07) is 13.1. The van der Waals surface area contributed by atoms with Gasteiger partial charge in [-0.05, 0) is 40.6 Å². The van der Waals surface area contributed by atoms with Crippen molar-refractivity contribution in [2.75, 3.05) is 5.32 Å². The van der Waals surface area contributed by atoms with E-state index in [0.29, 0.717) is 15.7 Å². The van der Waals surface area contributed by atoms with Gasteiger partial charge in [-0.3, -0.25) is 14.9 Å². The Morgan fingerprint density at radius 2 is 1.77 bits per heavy atom. The van der Waals surface area contributed by atoms with E-state index in [0.717, 1.165) is 10.4 Å². The highest BCUT2D eigenvalue weighted by atomic mass is 32.1. The van der Waals surface area contributed by atoms with Crippen molar-refractivity contribution in [3.63, 3.8) is 0 Å². The molecule has 2 amide bonds. The molecule has 9 heteroatoms. The Morgan fingerprint density at radius 3 is 2.47 bits per heavy atom. The molecule has 4 rings (SSSR count). The van der Waals surface area contributed by atoms with Crippen LogP contribution in [0.2, 0.25) is 0 Å². The van der Waals surface area contributed by atoms with E-state index in [2.05, 4.69) is 15.6 Å². The van der Waals surface area contributed by atoms with Crippen LogP contribution in [0.25, 0.3) is 0 Å². The number of halogens is 1. The second kappa shape index (κ2) is 9.29. The van der Waals surface area contributed by atoms with Crippen LogP contribution in [0.1, 0.15) is 31.8 Å². The molecule has 0 bridgehead atoms. The molecule has 1 aromatic carbocycles. The average molecular weight is 458 g/mol. The lowest BCUT2D eigenvalue weighted by atomic mass is 10.0. The number of amides is 2. The molecular formula is C21H16FN3O2S3. The van der Waals surface area contributed by atoms with Gasteiger partial charge in [-0.2, -0.15) is 0 Å².